The van der Waals surface area contributed by atoms with E-state index in [9.17, 15) is 9.90 Å². The van der Waals surface area contributed by atoms with Crippen LogP contribution in [-0.4, -0.2) is 65.6 Å². The van der Waals surface area contributed by atoms with Crippen molar-refractivity contribution in [2.24, 2.45) is 5.73 Å². The highest BCUT2D eigenvalue weighted by molar-refractivity contribution is 5.76. The summed E-state index contributed by atoms with van der Waals surface area (Å²) in [7, 11) is 1.67. The van der Waals surface area contributed by atoms with Gasteiger partial charge in [-0.3, -0.25) is 4.90 Å². The number of aliphatic hydroxyl groups is 1. The number of rotatable bonds is 5. The molecule has 0 radical (unpaired) electrons. The Labute approximate surface area is 101 Å². The summed E-state index contributed by atoms with van der Waals surface area (Å²) in [5, 5.41) is 18.7. The first-order valence-electron chi connectivity index (χ1n) is 5.83. The van der Waals surface area contributed by atoms with Gasteiger partial charge in [0.05, 0.1) is 6.10 Å². The quantitative estimate of drug-likeness (QED) is 0.591. The Kier molecular flexibility index (Phi) is 4.88. The van der Waals surface area contributed by atoms with Crippen LogP contribution in [0.4, 0.5) is 0 Å². The molecule has 0 bridgehead atoms. The third kappa shape index (κ3) is 3.64. The first-order valence-corrected chi connectivity index (χ1v) is 5.83. The zero-order chi connectivity index (χ0) is 13.1. The summed E-state index contributed by atoms with van der Waals surface area (Å²) in [5.74, 6) is -1.21. The van der Waals surface area contributed by atoms with Crippen molar-refractivity contribution in [2.45, 2.75) is 37.5 Å². The minimum Gasteiger partial charge on any atom is -0.479 e. The number of carboxylic acid groups (broad SMARTS) is 1. The van der Waals surface area contributed by atoms with Gasteiger partial charge in [0, 0.05) is 32.8 Å². The minimum absolute atomic E-state index is 0.0690. The zero-order valence-corrected chi connectivity index (χ0v) is 10.4. The lowest BCUT2D eigenvalue weighted by Crippen LogP contribution is -2.55. The van der Waals surface area contributed by atoms with E-state index in [0.717, 1.165) is 12.8 Å². The van der Waals surface area contributed by atoms with E-state index in [1.807, 2.05) is 4.90 Å². The van der Waals surface area contributed by atoms with Gasteiger partial charge in [0.25, 0.3) is 0 Å². The van der Waals surface area contributed by atoms with Gasteiger partial charge in [0.1, 0.15) is 0 Å². The number of nitrogens with two attached hydrogens (primary N) is 1. The molecule has 1 saturated heterocycles. The van der Waals surface area contributed by atoms with Crippen molar-refractivity contribution in [3.63, 3.8) is 0 Å². The SMILES string of the molecule is COC1CCN(CC(C)(O)C(=O)O)C(CN)C1. The van der Waals surface area contributed by atoms with Gasteiger partial charge in [-0.05, 0) is 19.8 Å². The molecule has 0 aliphatic carbocycles. The van der Waals surface area contributed by atoms with Crippen molar-refractivity contribution in [1.29, 1.82) is 0 Å². The first kappa shape index (κ1) is 14.4. The Bertz CT molecular complexity index is 270. The van der Waals surface area contributed by atoms with Crippen molar-refractivity contribution < 1.29 is 19.7 Å². The molecule has 0 spiro atoms. The lowest BCUT2D eigenvalue weighted by molar-refractivity contribution is -0.159. The van der Waals surface area contributed by atoms with Crippen LogP contribution in [-0.2, 0) is 9.53 Å². The van der Waals surface area contributed by atoms with E-state index < -0.39 is 11.6 Å². The second kappa shape index (κ2) is 5.77. The molecule has 0 amide bonds. The fourth-order valence-corrected chi connectivity index (χ4v) is 2.19. The highest BCUT2D eigenvalue weighted by Crippen LogP contribution is 2.21. The van der Waals surface area contributed by atoms with Gasteiger partial charge in [-0.25, -0.2) is 4.79 Å². The average molecular weight is 246 g/mol. The van der Waals surface area contributed by atoms with Crippen LogP contribution in [0.25, 0.3) is 0 Å². The van der Waals surface area contributed by atoms with Crippen molar-refractivity contribution in [3.8, 4) is 0 Å². The summed E-state index contributed by atoms with van der Waals surface area (Å²) in [6.07, 6.45) is 1.79. The Balaban J connectivity index is 2.62. The maximum atomic E-state index is 10.9. The second-order valence-electron chi connectivity index (χ2n) is 4.82. The molecular weight excluding hydrogens is 224 g/mol. The van der Waals surface area contributed by atoms with Crippen LogP contribution in [0.3, 0.4) is 0 Å². The fourth-order valence-electron chi connectivity index (χ4n) is 2.19. The van der Waals surface area contributed by atoms with Crippen LogP contribution >= 0.6 is 0 Å². The lowest BCUT2D eigenvalue weighted by Gasteiger charge is -2.40. The predicted octanol–water partition coefficient (Wildman–Crippen LogP) is -0.740. The van der Waals surface area contributed by atoms with E-state index >= 15 is 0 Å². The molecule has 1 aliphatic rings. The Morgan fingerprint density at radius 3 is 2.76 bits per heavy atom. The molecule has 0 aromatic rings. The number of carbonyl (C=O) groups is 1. The van der Waals surface area contributed by atoms with E-state index in [4.69, 9.17) is 15.6 Å². The standard InChI is InChI=1S/C11H22N2O4/c1-11(16,10(14)15)7-13-4-3-9(17-2)5-8(13)6-12/h8-9,16H,3-7,12H2,1-2H3,(H,14,15). The second-order valence-corrected chi connectivity index (χ2v) is 4.82. The molecule has 0 saturated carbocycles. The molecule has 6 heteroatoms. The van der Waals surface area contributed by atoms with E-state index in [2.05, 4.69) is 0 Å². The summed E-state index contributed by atoms with van der Waals surface area (Å²) in [6.45, 7) is 2.55. The van der Waals surface area contributed by atoms with Gasteiger partial charge < -0.3 is 20.7 Å². The largest absolute Gasteiger partial charge is 0.479 e. The molecule has 1 aliphatic heterocycles. The van der Waals surface area contributed by atoms with Gasteiger partial charge in [0.2, 0.25) is 0 Å². The van der Waals surface area contributed by atoms with Gasteiger partial charge in [0.15, 0.2) is 5.60 Å². The topological polar surface area (TPSA) is 96.0 Å². The molecular formula is C11H22N2O4. The molecule has 4 N–H and O–H groups in total. The third-order valence-electron chi connectivity index (χ3n) is 3.37. The number of methoxy groups -OCH3 is 1. The molecule has 17 heavy (non-hydrogen) atoms. The molecule has 1 rings (SSSR count). The Hall–Kier alpha value is -0.690. The molecule has 3 unspecified atom stereocenters. The van der Waals surface area contributed by atoms with E-state index in [0.29, 0.717) is 13.1 Å². The summed E-state index contributed by atoms with van der Waals surface area (Å²) in [4.78, 5) is 12.8. The molecule has 0 aromatic heterocycles. The lowest BCUT2D eigenvalue weighted by atomic mass is 9.96. The van der Waals surface area contributed by atoms with E-state index in [1.54, 1.807) is 7.11 Å². The van der Waals surface area contributed by atoms with Gasteiger partial charge in [-0.15, -0.1) is 0 Å². The van der Waals surface area contributed by atoms with Crippen LogP contribution in [0.15, 0.2) is 0 Å². The average Bonchev–Trinajstić information content (AvgIpc) is 2.29. The Morgan fingerprint density at radius 2 is 2.29 bits per heavy atom. The molecule has 100 valence electrons. The summed E-state index contributed by atoms with van der Waals surface area (Å²) >= 11 is 0. The maximum absolute atomic E-state index is 10.9. The number of aliphatic carboxylic acids is 1. The van der Waals surface area contributed by atoms with Gasteiger partial charge in [-0.1, -0.05) is 0 Å². The molecule has 1 heterocycles. The normalized spacial score (nSPS) is 29.9. The van der Waals surface area contributed by atoms with Crippen LogP contribution in [0, 0.1) is 0 Å². The molecule has 0 aromatic carbocycles. The van der Waals surface area contributed by atoms with E-state index in [1.165, 1.54) is 6.92 Å². The number of hydrogen-bond donors (Lipinski definition) is 3. The number of β-amino-alcohol motifs (C(OH)–C–C–N with tert-alkyl or cyclic N) is 1. The van der Waals surface area contributed by atoms with Crippen LogP contribution in [0.5, 0.6) is 0 Å². The predicted molar refractivity (Wildman–Crippen MR) is 62.7 cm³/mol. The van der Waals surface area contributed by atoms with Crippen molar-refractivity contribution in [1.82, 2.24) is 4.90 Å². The molecule has 3 atom stereocenters. The van der Waals surface area contributed by atoms with Gasteiger partial charge >= 0.3 is 5.97 Å². The smallest absolute Gasteiger partial charge is 0.336 e. The summed E-state index contributed by atoms with van der Waals surface area (Å²) in [5.41, 5.74) is 3.95. The van der Waals surface area contributed by atoms with Crippen LogP contribution in [0.1, 0.15) is 19.8 Å². The molecule has 1 fully saturated rings. The number of hydrogen-bond acceptors (Lipinski definition) is 5. The number of ether oxygens (including phenoxy) is 1. The van der Waals surface area contributed by atoms with Crippen molar-refractivity contribution >= 4 is 5.97 Å². The number of likely N-dealkylation sites (tertiary alicyclic amines) is 1. The first-order chi connectivity index (χ1) is 7.90. The van der Waals surface area contributed by atoms with Crippen molar-refractivity contribution in [3.05, 3.63) is 0 Å². The Morgan fingerprint density at radius 1 is 1.65 bits per heavy atom. The monoisotopic (exact) mass is 246 g/mol. The fraction of sp³-hybridized carbons (Fsp3) is 0.909. The van der Waals surface area contributed by atoms with E-state index in [-0.39, 0.29) is 18.7 Å². The van der Waals surface area contributed by atoms with Gasteiger partial charge in [-0.2, -0.15) is 0 Å². The third-order valence-corrected chi connectivity index (χ3v) is 3.37. The highest BCUT2D eigenvalue weighted by Gasteiger charge is 2.36. The zero-order valence-electron chi connectivity index (χ0n) is 10.4. The maximum Gasteiger partial charge on any atom is 0.336 e. The van der Waals surface area contributed by atoms with Crippen LogP contribution < -0.4 is 5.73 Å². The highest BCUT2D eigenvalue weighted by atomic mass is 16.5. The number of nitrogens with zero attached hydrogens (tertiary/aromatic N) is 1. The van der Waals surface area contributed by atoms with Crippen LogP contribution in [0.2, 0.25) is 0 Å². The number of piperidine rings is 1. The summed E-state index contributed by atoms with van der Waals surface area (Å²) < 4.78 is 5.29. The molecule has 6 nitrogen and oxygen atoms in total. The van der Waals surface area contributed by atoms with Crippen molar-refractivity contribution in [2.75, 3.05) is 26.7 Å². The summed E-state index contributed by atoms with van der Waals surface area (Å²) in [6, 6.07) is 0.0690. The minimum atomic E-state index is -1.73. The number of carboxylic acids is 1.